The minimum absolute atomic E-state index is 0.191. The third kappa shape index (κ3) is 12.0. The zero-order chi connectivity index (χ0) is 82.3. The van der Waals surface area contributed by atoms with Crippen molar-refractivity contribution in [2.45, 2.75) is 77.0 Å². The summed E-state index contributed by atoms with van der Waals surface area (Å²) in [7, 11) is 0. The topological polar surface area (TPSA) is 13.0 Å². The van der Waals surface area contributed by atoms with Gasteiger partial charge in [-0.3, -0.25) is 0 Å². The zero-order valence-electron chi connectivity index (χ0n) is 69.7. The van der Waals surface area contributed by atoms with Crippen LogP contribution in [0, 0.1) is 0 Å². The van der Waals surface area contributed by atoms with E-state index in [0.29, 0.717) is 0 Å². The van der Waals surface area contributed by atoms with Gasteiger partial charge in [-0.1, -0.05) is 322 Å². The van der Waals surface area contributed by atoms with Crippen LogP contribution < -0.4 is 19.6 Å². The number of hydrogen-bond donors (Lipinski definition) is 0. The maximum Gasteiger partial charge on any atom is 0.0540 e. The average Bonchev–Trinajstić information content (AvgIpc) is 1.52. The van der Waals surface area contributed by atoms with Crippen molar-refractivity contribution in [3.8, 4) is 64.0 Å². The van der Waals surface area contributed by atoms with Crippen LogP contribution in [0.4, 0.5) is 68.2 Å². The Morgan fingerprint density at radius 2 is 0.443 bits per heavy atom. The first-order valence-electron chi connectivity index (χ1n) is 42.6. The summed E-state index contributed by atoms with van der Waals surface area (Å²) in [6, 6.07) is 147. The van der Waals surface area contributed by atoms with Crippen LogP contribution >= 0.6 is 22.7 Å². The summed E-state index contributed by atoms with van der Waals surface area (Å²) in [4.78, 5) is 15.4. The first-order chi connectivity index (χ1) is 59.6. The highest BCUT2D eigenvalue weighted by Gasteiger charge is 2.51. The Balaban J connectivity index is 0.000000146. The van der Waals surface area contributed by atoms with Crippen molar-refractivity contribution in [2.24, 2.45) is 0 Å². The molecule has 0 unspecified atom stereocenters. The smallest absolute Gasteiger partial charge is 0.0540 e. The lowest BCUT2D eigenvalue weighted by atomic mass is 9.74. The Labute approximate surface area is 723 Å². The SMILES string of the molecule is CC1(C)c2cc(N(c3ccccc3)c3ccc4c(ccc5ccccc54)c3)ccc2-c2sc3c(c21)C(C)(C)c1cc(N(c2ccccc2)c2ccccc2-c2ccccc2)ccc1-3.CC1(C)c2cc(N(c3ccccc3)c3ccc4ccccc4c3)ccc2-c2sc3c(c21)C(C)(C)c1cc(N(c2ccccc2)c2ccccc2-c2ccccc2)ccc1-3. The number of anilines is 12. The molecule has 4 aliphatic carbocycles. The zero-order valence-corrected chi connectivity index (χ0v) is 71.3. The van der Waals surface area contributed by atoms with E-state index in [1.54, 1.807) is 0 Å². The minimum atomic E-state index is -0.209. The molecule has 6 heteroatoms. The number of fused-ring (bicyclic) bond motifs is 18. The number of nitrogens with zero attached hydrogens (tertiary/aromatic N) is 4. The number of rotatable bonds is 14. The standard InChI is InChI=1S/C60H46N2S.C56H44N2S/c1-59(2)52-37-45(61(42-21-10-6-11-22-42)44-30-33-48-41(36-44)29-28-40-20-14-15-25-47(40)48)31-34-50(52)57-55(59)56-58(63-57)51-35-32-46(38-53(51)60(56,3)4)62(43-23-12-7-13-24-43)54-27-17-16-26-49(54)39-18-8-5-9-19-39;1-55(2)48-35-43(57(40-22-10-6-11-23-40)42-29-28-37-18-14-15-21-39(37)34-42)30-32-46(48)53-51(55)52-54(59-53)47-33-31-44(36-49(47)56(52,3)4)58(41-24-12-7-13-25-41)50-27-17-16-26-45(50)38-19-8-5-9-20-38/h5-38H,1-4H3;5-36H,1-4H3. The minimum Gasteiger partial charge on any atom is -0.310 e. The molecule has 122 heavy (non-hydrogen) atoms. The first-order valence-corrected chi connectivity index (χ1v) is 44.2. The molecule has 23 rings (SSSR count). The van der Waals surface area contributed by atoms with Gasteiger partial charge in [0, 0.05) is 109 Å². The van der Waals surface area contributed by atoms with E-state index in [4.69, 9.17) is 0 Å². The van der Waals surface area contributed by atoms with E-state index in [0.717, 1.165) is 45.5 Å². The highest BCUT2D eigenvalue weighted by Crippen LogP contribution is 2.67. The predicted octanol–water partition coefficient (Wildman–Crippen LogP) is 33.4. The second-order valence-electron chi connectivity index (χ2n) is 35.1. The van der Waals surface area contributed by atoms with Gasteiger partial charge in [0.1, 0.15) is 0 Å². The molecule has 0 saturated carbocycles. The molecule has 0 fully saturated rings. The predicted molar refractivity (Wildman–Crippen MR) is 521 cm³/mol. The highest BCUT2D eigenvalue weighted by atomic mass is 32.1. The average molecular weight is 1600 g/mol. The third-order valence-electron chi connectivity index (χ3n) is 26.5. The summed E-state index contributed by atoms with van der Waals surface area (Å²) in [5, 5.41) is 7.56. The lowest BCUT2D eigenvalue weighted by molar-refractivity contribution is 0.603. The van der Waals surface area contributed by atoms with Gasteiger partial charge in [0.2, 0.25) is 0 Å². The van der Waals surface area contributed by atoms with Crippen molar-refractivity contribution in [1.29, 1.82) is 0 Å². The van der Waals surface area contributed by atoms with Gasteiger partial charge in [0.25, 0.3) is 0 Å². The molecule has 4 aliphatic rings. The molecule has 2 heterocycles. The Hall–Kier alpha value is -13.9. The van der Waals surface area contributed by atoms with Crippen molar-refractivity contribution >= 4 is 123 Å². The number of hydrogen-bond acceptors (Lipinski definition) is 6. The maximum atomic E-state index is 2.47. The monoisotopic (exact) mass is 1600 g/mol. The van der Waals surface area contributed by atoms with Crippen molar-refractivity contribution in [3.05, 3.63) is 445 Å². The molecule has 2 aromatic heterocycles. The lowest BCUT2D eigenvalue weighted by Gasteiger charge is -2.31. The van der Waals surface area contributed by atoms with Crippen molar-refractivity contribution in [3.63, 3.8) is 0 Å². The molecule has 0 saturated heterocycles. The number of thiophene rings is 2. The van der Waals surface area contributed by atoms with Gasteiger partial charge in [-0.05, 0) is 244 Å². The fourth-order valence-corrected chi connectivity index (χ4v) is 24.1. The molecule has 0 N–H and O–H groups in total. The summed E-state index contributed by atoms with van der Waals surface area (Å²) in [5.41, 5.74) is 34.8. The Morgan fingerprint density at radius 1 is 0.180 bits per heavy atom. The molecule has 0 aliphatic heterocycles. The van der Waals surface area contributed by atoms with Crippen LogP contribution in [0.2, 0.25) is 0 Å². The van der Waals surface area contributed by atoms with E-state index in [-0.39, 0.29) is 21.7 Å². The molecule has 0 radical (unpaired) electrons. The van der Waals surface area contributed by atoms with Crippen molar-refractivity contribution < 1.29 is 0 Å². The van der Waals surface area contributed by atoms with E-state index in [1.165, 1.54) is 164 Å². The second-order valence-corrected chi connectivity index (χ2v) is 37.2. The summed E-state index contributed by atoms with van der Waals surface area (Å²) in [5.74, 6) is 0. The van der Waals surface area contributed by atoms with E-state index in [9.17, 15) is 0 Å². The van der Waals surface area contributed by atoms with E-state index in [2.05, 4.69) is 475 Å². The molecule has 17 aromatic carbocycles. The van der Waals surface area contributed by atoms with Crippen LogP contribution in [0.15, 0.2) is 400 Å². The molecule has 0 amide bonds. The van der Waals surface area contributed by atoms with Crippen LogP contribution in [0.3, 0.4) is 0 Å². The van der Waals surface area contributed by atoms with Gasteiger partial charge < -0.3 is 19.6 Å². The van der Waals surface area contributed by atoms with Gasteiger partial charge in [-0.2, -0.15) is 0 Å². The molecule has 586 valence electrons. The second kappa shape index (κ2) is 29.0. The number of benzene rings is 17. The third-order valence-corrected chi connectivity index (χ3v) is 29.0. The van der Waals surface area contributed by atoms with Gasteiger partial charge in [0.15, 0.2) is 0 Å². The highest BCUT2D eigenvalue weighted by molar-refractivity contribution is 7.20. The van der Waals surface area contributed by atoms with Crippen LogP contribution in [-0.4, -0.2) is 0 Å². The number of para-hydroxylation sites is 6. The summed E-state index contributed by atoms with van der Waals surface area (Å²) < 4.78 is 0. The van der Waals surface area contributed by atoms with E-state index < -0.39 is 0 Å². The van der Waals surface area contributed by atoms with Crippen molar-refractivity contribution in [2.75, 3.05) is 19.6 Å². The molecule has 19 aromatic rings. The van der Waals surface area contributed by atoms with Gasteiger partial charge >= 0.3 is 0 Å². The lowest BCUT2D eigenvalue weighted by Crippen LogP contribution is -2.23. The van der Waals surface area contributed by atoms with Crippen LogP contribution in [0.1, 0.15) is 99.9 Å². The van der Waals surface area contributed by atoms with E-state index >= 15 is 0 Å². The molecule has 0 spiro atoms. The van der Waals surface area contributed by atoms with Gasteiger partial charge in [-0.25, -0.2) is 0 Å². The first kappa shape index (κ1) is 74.4. The summed E-state index contributed by atoms with van der Waals surface area (Å²) >= 11 is 3.98. The van der Waals surface area contributed by atoms with E-state index in [1.807, 2.05) is 22.7 Å². The molecule has 0 bridgehead atoms. The van der Waals surface area contributed by atoms with Crippen LogP contribution in [0.5, 0.6) is 0 Å². The quantitative estimate of drug-likeness (QED) is 0.101. The Bertz CT molecular complexity index is 7320. The fraction of sp³-hybridized carbons (Fsp3) is 0.103. The molecule has 0 atom stereocenters. The van der Waals surface area contributed by atoms with Gasteiger partial charge in [-0.15, -0.1) is 22.7 Å². The molecular formula is C116H90N4S2. The Kier molecular flexibility index (Phi) is 17.7. The normalized spacial score (nSPS) is 14.0. The maximum absolute atomic E-state index is 2.47. The molecular weight excluding hydrogens is 1510 g/mol. The fourth-order valence-electron chi connectivity index (χ4n) is 20.7. The molecule has 4 nitrogen and oxygen atoms in total. The van der Waals surface area contributed by atoms with Crippen LogP contribution in [-0.2, 0) is 21.7 Å². The Morgan fingerprint density at radius 3 is 0.836 bits per heavy atom. The largest absolute Gasteiger partial charge is 0.310 e. The van der Waals surface area contributed by atoms with Crippen molar-refractivity contribution in [1.82, 2.24) is 0 Å². The van der Waals surface area contributed by atoms with Gasteiger partial charge in [0.05, 0.1) is 11.4 Å². The summed E-state index contributed by atoms with van der Waals surface area (Å²) in [6.07, 6.45) is 0. The van der Waals surface area contributed by atoms with Crippen LogP contribution in [0.25, 0.3) is 96.3 Å². The summed E-state index contributed by atoms with van der Waals surface area (Å²) in [6.45, 7) is 19.6.